The summed E-state index contributed by atoms with van der Waals surface area (Å²) in [6, 6.07) is 0. The van der Waals surface area contributed by atoms with Crippen LogP contribution >= 0.6 is 0 Å². The molecule has 0 atom stereocenters. The quantitative estimate of drug-likeness (QED) is 0.853. The maximum Gasteiger partial charge on any atom is 0.346 e. The predicted molar refractivity (Wildman–Crippen MR) is 73.5 cm³/mol. The number of nitrogens with zero attached hydrogens (tertiary/aromatic N) is 1. The lowest BCUT2D eigenvalue weighted by atomic mass is 9.51. The summed E-state index contributed by atoms with van der Waals surface area (Å²) >= 11 is 0. The van der Waals surface area contributed by atoms with Gasteiger partial charge in [-0.25, -0.2) is 9.78 Å². The number of H-pyrrole nitrogens is 1. The van der Waals surface area contributed by atoms with Crippen molar-refractivity contribution in [1.82, 2.24) is 9.97 Å². The number of aromatic nitrogens is 2. The van der Waals surface area contributed by atoms with Crippen molar-refractivity contribution in [2.45, 2.75) is 38.5 Å². The molecule has 4 saturated carbocycles. The second kappa shape index (κ2) is 4.09. The van der Waals surface area contributed by atoms with Crippen molar-refractivity contribution in [3.05, 3.63) is 22.2 Å². The summed E-state index contributed by atoms with van der Waals surface area (Å²) in [7, 11) is 0. The Morgan fingerprint density at radius 3 is 2.37 bits per heavy atom. The Hall–Kier alpha value is -1.32. The van der Waals surface area contributed by atoms with Gasteiger partial charge in [-0.3, -0.25) is 4.98 Å². The highest BCUT2D eigenvalue weighted by atomic mass is 16.1. The lowest BCUT2D eigenvalue weighted by molar-refractivity contribution is -0.0359. The predicted octanol–water partition coefficient (Wildman–Crippen LogP) is 1.97. The molecule has 0 amide bonds. The zero-order valence-electron chi connectivity index (χ0n) is 11.1. The number of nitrogens with one attached hydrogen (secondary N) is 1. The first-order chi connectivity index (χ1) is 9.19. The summed E-state index contributed by atoms with van der Waals surface area (Å²) in [5, 5.41) is 0. The van der Waals surface area contributed by atoms with E-state index in [2.05, 4.69) is 9.97 Å². The standard InChI is InChI=1S/C15H21N3O/c16-14-12(7-17-15(19)18-14)6-13-10-2-8-1-9(4-10)5-11(13)3-8/h7-11,13H,1-6H2,(H3,16,17,18,19). The van der Waals surface area contributed by atoms with Crippen LogP contribution in [-0.4, -0.2) is 9.97 Å². The third-order valence-corrected chi connectivity index (χ3v) is 5.80. The van der Waals surface area contributed by atoms with Gasteiger partial charge in [-0.15, -0.1) is 0 Å². The summed E-state index contributed by atoms with van der Waals surface area (Å²) in [5.74, 6) is 5.08. The summed E-state index contributed by atoms with van der Waals surface area (Å²) in [6.45, 7) is 0. The van der Waals surface area contributed by atoms with Crippen molar-refractivity contribution in [3.63, 3.8) is 0 Å². The Morgan fingerprint density at radius 2 is 1.79 bits per heavy atom. The van der Waals surface area contributed by atoms with Crippen LogP contribution in [0.1, 0.15) is 37.7 Å². The van der Waals surface area contributed by atoms with Gasteiger partial charge in [0.25, 0.3) is 0 Å². The molecule has 3 N–H and O–H groups in total. The molecule has 1 aromatic rings. The molecule has 4 aliphatic rings. The second-order valence-corrected chi connectivity index (χ2v) is 6.93. The molecule has 1 aromatic heterocycles. The van der Waals surface area contributed by atoms with Crippen LogP contribution in [0.5, 0.6) is 0 Å². The molecular weight excluding hydrogens is 238 g/mol. The van der Waals surface area contributed by atoms with Gasteiger partial charge in [-0.2, -0.15) is 0 Å². The summed E-state index contributed by atoms with van der Waals surface area (Å²) in [6.07, 6.45) is 9.87. The largest absolute Gasteiger partial charge is 0.385 e. The first kappa shape index (κ1) is 11.5. The number of aromatic amines is 1. The summed E-state index contributed by atoms with van der Waals surface area (Å²) in [5.41, 5.74) is 6.63. The Morgan fingerprint density at radius 1 is 1.16 bits per heavy atom. The maximum absolute atomic E-state index is 11.1. The third-order valence-electron chi connectivity index (χ3n) is 5.80. The van der Waals surface area contributed by atoms with Gasteiger partial charge in [0, 0.05) is 11.8 Å². The average molecular weight is 259 g/mol. The molecule has 19 heavy (non-hydrogen) atoms. The van der Waals surface area contributed by atoms with Crippen LogP contribution in [0.2, 0.25) is 0 Å². The van der Waals surface area contributed by atoms with Crippen LogP contribution in [0.3, 0.4) is 0 Å². The van der Waals surface area contributed by atoms with E-state index in [9.17, 15) is 4.79 Å². The minimum atomic E-state index is -0.341. The normalized spacial score (nSPS) is 39.7. The van der Waals surface area contributed by atoms with E-state index < -0.39 is 0 Å². The highest BCUT2D eigenvalue weighted by Crippen LogP contribution is 2.57. The molecule has 0 radical (unpaired) electrons. The Balaban J connectivity index is 1.58. The smallest absolute Gasteiger partial charge is 0.346 e. The highest BCUT2D eigenvalue weighted by Gasteiger charge is 2.47. The van der Waals surface area contributed by atoms with E-state index in [0.29, 0.717) is 5.82 Å². The molecule has 4 fully saturated rings. The van der Waals surface area contributed by atoms with Crippen molar-refractivity contribution in [2.75, 3.05) is 5.73 Å². The summed E-state index contributed by atoms with van der Waals surface area (Å²) in [4.78, 5) is 17.6. The van der Waals surface area contributed by atoms with Crippen molar-refractivity contribution >= 4 is 5.82 Å². The molecule has 0 saturated heterocycles. The van der Waals surface area contributed by atoms with Gasteiger partial charge >= 0.3 is 5.69 Å². The zero-order chi connectivity index (χ0) is 13.0. The van der Waals surface area contributed by atoms with Gasteiger partial charge in [-0.1, -0.05) is 0 Å². The first-order valence-electron chi connectivity index (χ1n) is 7.52. The van der Waals surface area contributed by atoms with E-state index in [4.69, 9.17) is 5.73 Å². The van der Waals surface area contributed by atoms with Gasteiger partial charge < -0.3 is 5.73 Å². The second-order valence-electron chi connectivity index (χ2n) is 6.93. The van der Waals surface area contributed by atoms with E-state index in [-0.39, 0.29) is 5.69 Å². The van der Waals surface area contributed by atoms with Crippen LogP contribution in [-0.2, 0) is 6.42 Å². The topological polar surface area (TPSA) is 71.8 Å². The molecular formula is C15H21N3O. The van der Waals surface area contributed by atoms with Gasteiger partial charge in [0.1, 0.15) is 5.82 Å². The molecule has 0 spiro atoms. The van der Waals surface area contributed by atoms with E-state index >= 15 is 0 Å². The molecule has 4 aliphatic carbocycles. The van der Waals surface area contributed by atoms with Crippen molar-refractivity contribution in [1.29, 1.82) is 0 Å². The molecule has 0 unspecified atom stereocenters. The highest BCUT2D eigenvalue weighted by molar-refractivity contribution is 5.36. The van der Waals surface area contributed by atoms with Gasteiger partial charge in [0.05, 0.1) is 0 Å². The average Bonchev–Trinajstić information content (AvgIpc) is 2.35. The monoisotopic (exact) mass is 259 g/mol. The number of anilines is 1. The Bertz CT molecular complexity index is 523. The maximum atomic E-state index is 11.1. The fourth-order valence-electron chi connectivity index (χ4n) is 5.22. The Kier molecular flexibility index (Phi) is 2.47. The van der Waals surface area contributed by atoms with Crippen LogP contribution in [0.25, 0.3) is 0 Å². The minimum absolute atomic E-state index is 0.341. The molecule has 5 rings (SSSR count). The first-order valence-corrected chi connectivity index (χ1v) is 7.52. The number of nitrogens with two attached hydrogens (primary N) is 1. The van der Waals surface area contributed by atoms with E-state index in [1.165, 1.54) is 32.1 Å². The van der Waals surface area contributed by atoms with Crippen molar-refractivity contribution in [3.8, 4) is 0 Å². The molecule has 1 heterocycles. The van der Waals surface area contributed by atoms with Crippen molar-refractivity contribution in [2.24, 2.45) is 29.6 Å². The minimum Gasteiger partial charge on any atom is -0.385 e. The number of nitrogen functional groups attached to an aromatic ring is 1. The third kappa shape index (κ3) is 1.88. The van der Waals surface area contributed by atoms with Crippen LogP contribution < -0.4 is 11.4 Å². The fourth-order valence-corrected chi connectivity index (χ4v) is 5.22. The van der Waals surface area contributed by atoms with Crippen LogP contribution in [0, 0.1) is 29.6 Å². The van der Waals surface area contributed by atoms with Crippen LogP contribution in [0.4, 0.5) is 5.82 Å². The fraction of sp³-hybridized carbons (Fsp3) is 0.733. The number of hydrogen-bond acceptors (Lipinski definition) is 3. The lowest BCUT2D eigenvalue weighted by Crippen LogP contribution is -2.45. The van der Waals surface area contributed by atoms with Crippen molar-refractivity contribution < 1.29 is 0 Å². The van der Waals surface area contributed by atoms with E-state index in [1.807, 2.05) is 0 Å². The molecule has 4 nitrogen and oxygen atoms in total. The zero-order valence-corrected chi connectivity index (χ0v) is 11.1. The van der Waals surface area contributed by atoms with Gasteiger partial charge in [0.2, 0.25) is 0 Å². The summed E-state index contributed by atoms with van der Waals surface area (Å²) < 4.78 is 0. The van der Waals surface area contributed by atoms with Gasteiger partial charge in [-0.05, 0) is 68.1 Å². The Labute approximate surface area is 112 Å². The molecule has 0 aliphatic heterocycles. The lowest BCUT2D eigenvalue weighted by Gasteiger charge is -2.54. The number of hydrogen-bond donors (Lipinski definition) is 2. The molecule has 4 heteroatoms. The van der Waals surface area contributed by atoms with E-state index in [0.717, 1.165) is 41.6 Å². The molecule has 0 aromatic carbocycles. The van der Waals surface area contributed by atoms with Gasteiger partial charge in [0.15, 0.2) is 0 Å². The molecule has 4 bridgehead atoms. The molecule has 102 valence electrons. The van der Waals surface area contributed by atoms with E-state index in [1.54, 1.807) is 6.20 Å². The SMILES string of the molecule is Nc1[nH]c(=O)ncc1CC1C2CC3CC(C2)CC1C3. The number of rotatable bonds is 2. The van der Waals surface area contributed by atoms with Crippen LogP contribution in [0.15, 0.2) is 11.0 Å².